The summed E-state index contributed by atoms with van der Waals surface area (Å²) in [6, 6.07) is 5.25. The first-order chi connectivity index (χ1) is 15.4. The molecule has 2 aromatic rings. The number of halogens is 2. The van der Waals surface area contributed by atoms with E-state index in [-0.39, 0.29) is 22.8 Å². The van der Waals surface area contributed by atoms with Crippen molar-refractivity contribution in [3.63, 3.8) is 0 Å². The Morgan fingerprint density at radius 2 is 1.94 bits per heavy atom. The number of piperazine rings is 1. The third-order valence-electron chi connectivity index (χ3n) is 6.14. The predicted molar refractivity (Wildman–Crippen MR) is 110 cm³/mol. The van der Waals surface area contributed by atoms with Crippen molar-refractivity contribution in [2.75, 3.05) is 26.2 Å². The molecule has 1 aromatic heterocycles. The molecule has 3 heterocycles. The van der Waals surface area contributed by atoms with Crippen LogP contribution in [0.5, 0.6) is 11.6 Å². The zero-order chi connectivity index (χ0) is 22.3. The topological polar surface area (TPSA) is 84.9 Å². The molecular formula is C21H24F2N4O4S. The standard InChI is InChI=1S/C21H24F2N4O4S/c22-21(23)31-16-2-1-3-18(9-16)32(28,29)27-7-6-26-13-17(8-15(26)12-27)30-20-11-24-19(10-25-20)14-4-5-14/h1-3,9-11,14-15,17,21H,4-8,12-13H2/t15-,17+/m0/s1. The highest BCUT2D eigenvalue weighted by Gasteiger charge is 2.41. The first-order valence-electron chi connectivity index (χ1n) is 10.7. The van der Waals surface area contributed by atoms with Gasteiger partial charge < -0.3 is 9.47 Å². The molecule has 5 rings (SSSR count). The molecule has 2 atom stereocenters. The van der Waals surface area contributed by atoms with Crippen LogP contribution in [0.3, 0.4) is 0 Å². The van der Waals surface area contributed by atoms with Gasteiger partial charge in [0.25, 0.3) is 0 Å². The number of sulfonamides is 1. The van der Waals surface area contributed by atoms with Gasteiger partial charge >= 0.3 is 6.61 Å². The van der Waals surface area contributed by atoms with Gasteiger partial charge in [0.2, 0.25) is 15.9 Å². The first kappa shape index (κ1) is 21.5. The lowest BCUT2D eigenvalue weighted by molar-refractivity contribution is -0.0500. The number of benzene rings is 1. The third-order valence-corrected chi connectivity index (χ3v) is 8.00. The number of hydrogen-bond donors (Lipinski definition) is 0. The van der Waals surface area contributed by atoms with Crippen molar-refractivity contribution in [1.29, 1.82) is 0 Å². The molecule has 2 aliphatic heterocycles. The van der Waals surface area contributed by atoms with Crippen molar-refractivity contribution in [1.82, 2.24) is 19.2 Å². The van der Waals surface area contributed by atoms with Crippen LogP contribution in [-0.4, -0.2) is 72.5 Å². The fourth-order valence-electron chi connectivity index (χ4n) is 4.38. The van der Waals surface area contributed by atoms with Crippen LogP contribution in [0.1, 0.15) is 30.9 Å². The summed E-state index contributed by atoms with van der Waals surface area (Å²) < 4.78 is 62.9. The molecule has 8 nitrogen and oxygen atoms in total. The summed E-state index contributed by atoms with van der Waals surface area (Å²) in [5.41, 5.74) is 1.00. The van der Waals surface area contributed by atoms with Gasteiger partial charge in [0, 0.05) is 50.6 Å². The SMILES string of the molecule is O=S(=O)(c1cccc(OC(F)F)c1)N1CCN2C[C@H](Oc3cnc(C4CC4)cn3)C[C@H]2C1. The monoisotopic (exact) mass is 466 g/mol. The second kappa shape index (κ2) is 8.53. The quantitative estimate of drug-likeness (QED) is 0.620. The lowest BCUT2D eigenvalue weighted by atomic mass is 10.2. The molecule has 172 valence electrons. The summed E-state index contributed by atoms with van der Waals surface area (Å²) in [4.78, 5) is 11.0. The summed E-state index contributed by atoms with van der Waals surface area (Å²) >= 11 is 0. The molecule has 3 aliphatic rings. The third kappa shape index (κ3) is 4.55. The highest BCUT2D eigenvalue weighted by atomic mass is 32.2. The van der Waals surface area contributed by atoms with E-state index in [1.54, 1.807) is 12.4 Å². The fourth-order valence-corrected chi connectivity index (χ4v) is 5.88. The van der Waals surface area contributed by atoms with E-state index in [4.69, 9.17) is 4.74 Å². The summed E-state index contributed by atoms with van der Waals surface area (Å²) in [6.07, 6.45) is 6.35. The van der Waals surface area contributed by atoms with E-state index < -0.39 is 16.6 Å². The Morgan fingerprint density at radius 1 is 1.09 bits per heavy atom. The zero-order valence-electron chi connectivity index (χ0n) is 17.3. The molecule has 0 N–H and O–H groups in total. The Bertz CT molecular complexity index is 1070. The number of rotatable bonds is 7. The molecule has 0 bridgehead atoms. The van der Waals surface area contributed by atoms with Gasteiger partial charge in [-0.05, 0) is 25.0 Å². The van der Waals surface area contributed by atoms with Crippen LogP contribution in [0.2, 0.25) is 0 Å². The molecule has 0 spiro atoms. The van der Waals surface area contributed by atoms with Crippen LogP contribution in [0.25, 0.3) is 0 Å². The summed E-state index contributed by atoms with van der Waals surface area (Å²) in [7, 11) is -3.82. The normalized spacial score (nSPS) is 24.5. The van der Waals surface area contributed by atoms with Gasteiger partial charge in [0.05, 0.1) is 23.0 Å². The molecule has 11 heteroatoms. The van der Waals surface area contributed by atoms with Gasteiger partial charge in [0.1, 0.15) is 11.9 Å². The number of fused-ring (bicyclic) bond motifs is 1. The Hall–Kier alpha value is -2.37. The minimum absolute atomic E-state index is 0.0164. The number of aromatic nitrogens is 2. The Balaban J connectivity index is 1.22. The van der Waals surface area contributed by atoms with Gasteiger partial charge in [-0.3, -0.25) is 9.88 Å². The summed E-state index contributed by atoms with van der Waals surface area (Å²) in [5.74, 6) is 0.843. The maximum Gasteiger partial charge on any atom is 0.387 e. The molecular weight excluding hydrogens is 442 g/mol. The van der Waals surface area contributed by atoms with E-state index >= 15 is 0 Å². The van der Waals surface area contributed by atoms with Crippen LogP contribution < -0.4 is 9.47 Å². The van der Waals surface area contributed by atoms with Gasteiger partial charge in [-0.1, -0.05) is 6.07 Å². The maximum atomic E-state index is 13.1. The molecule has 1 aliphatic carbocycles. The van der Waals surface area contributed by atoms with Gasteiger partial charge in [-0.25, -0.2) is 13.4 Å². The van der Waals surface area contributed by atoms with Crippen molar-refractivity contribution in [2.45, 2.75) is 48.8 Å². The molecule has 3 fully saturated rings. The molecule has 2 saturated heterocycles. The summed E-state index contributed by atoms with van der Waals surface area (Å²) in [6.45, 7) is -1.11. The average Bonchev–Trinajstić information content (AvgIpc) is 3.53. The van der Waals surface area contributed by atoms with Crippen molar-refractivity contribution in [3.8, 4) is 11.6 Å². The van der Waals surface area contributed by atoms with Crippen molar-refractivity contribution in [3.05, 3.63) is 42.4 Å². The van der Waals surface area contributed by atoms with Gasteiger partial charge in [-0.15, -0.1) is 0 Å². The zero-order valence-corrected chi connectivity index (χ0v) is 18.1. The highest BCUT2D eigenvalue weighted by Crippen LogP contribution is 2.38. The molecule has 32 heavy (non-hydrogen) atoms. The minimum atomic E-state index is -3.82. The molecule has 1 aromatic carbocycles. The van der Waals surface area contributed by atoms with Crippen LogP contribution in [-0.2, 0) is 10.0 Å². The smallest absolute Gasteiger partial charge is 0.387 e. The van der Waals surface area contributed by atoms with Crippen molar-refractivity contribution < 1.29 is 26.7 Å². The van der Waals surface area contributed by atoms with Gasteiger partial charge in [0.15, 0.2) is 0 Å². The lowest BCUT2D eigenvalue weighted by Crippen LogP contribution is -2.51. The maximum absolute atomic E-state index is 13.1. The largest absolute Gasteiger partial charge is 0.472 e. The second-order valence-electron chi connectivity index (χ2n) is 8.39. The first-order valence-corrected chi connectivity index (χ1v) is 12.1. The van der Waals surface area contributed by atoms with Crippen molar-refractivity contribution >= 4 is 10.0 Å². The predicted octanol–water partition coefficient (Wildman–Crippen LogP) is 2.48. The molecule has 0 unspecified atom stereocenters. The van der Waals surface area contributed by atoms with E-state index in [0.717, 1.165) is 24.6 Å². The minimum Gasteiger partial charge on any atom is -0.472 e. The van der Waals surface area contributed by atoms with E-state index in [1.807, 2.05) is 0 Å². The summed E-state index contributed by atoms with van der Waals surface area (Å²) in [5, 5.41) is 0. The Morgan fingerprint density at radius 3 is 2.66 bits per heavy atom. The lowest BCUT2D eigenvalue weighted by Gasteiger charge is -2.36. The number of alkyl halides is 2. The van der Waals surface area contributed by atoms with Crippen LogP contribution >= 0.6 is 0 Å². The fraction of sp³-hybridized carbons (Fsp3) is 0.524. The average molecular weight is 467 g/mol. The number of ether oxygens (including phenoxy) is 2. The van der Waals surface area contributed by atoms with Crippen LogP contribution in [0.4, 0.5) is 8.78 Å². The van der Waals surface area contributed by atoms with E-state index in [1.165, 1.54) is 22.5 Å². The Kier molecular flexibility index (Phi) is 5.72. The van der Waals surface area contributed by atoms with Crippen LogP contribution in [0.15, 0.2) is 41.6 Å². The molecule has 1 saturated carbocycles. The van der Waals surface area contributed by atoms with Gasteiger partial charge in [-0.2, -0.15) is 13.1 Å². The van der Waals surface area contributed by atoms with E-state index in [9.17, 15) is 17.2 Å². The second-order valence-corrected chi connectivity index (χ2v) is 10.3. The van der Waals surface area contributed by atoms with E-state index in [2.05, 4.69) is 19.6 Å². The molecule has 0 radical (unpaired) electrons. The molecule has 0 amide bonds. The van der Waals surface area contributed by atoms with Crippen LogP contribution in [0, 0.1) is 0 Å². The Labute approximate surface area is 185 Å². The van der Waals surface area contributed by atoms with Crippen molar-refractivity contribution in [2.24, 2.45) is 0 Å². The number of nitrogens with zero attached hydrogens (tertiary/aromatic N) is 4. The highest BCUT2D eigenvalue weighted by molar-refractivity contribution is 7.89. The van der Waals surface area contributed by atoms with E-state index in [0.29, 0.717) is 44.4 Å². The number of hydrogen-bond acceptors (Lipinski definition) is 7.